The van der Waals surface area contributed by atoms with Crippen molar-refractivity contribution in [2.75, 3.05) is 19.7 Å². The van der Waals surface area contributed by atoms with Crippen LogP contribution in [0.2, 0.25) is 0 Å². The highest BCUT2D eigenvalue weighted by Crippen LogP contribution is 2.44. The van der Waals surface area contributed by atoms with Crippen LogP contribution >= 0.6 is 0 Å². The predicted molar refractivity (Wildman–Crippen MR) is 144 cm³/mol. The molecule has 4 aliphatic rings. The van der Waals surface area contributed by atoms with Crippen molar-refractivity contribution in [2.45, 2.75) is 84.5 Å². The third-order valence-corrected chi connectivity index (χ3v) is 8.93. The van der Waals surface area contributed by atoms with Crippen molar-refractivity contribution < 1.29 is 23.9 Å². The molecule has 0 aromatic carbocycles. The maximum atomic E-state index is 14.2. The smallest absolute Gasteiger partial charge is 0.249 e. The molecular formula is C29H43N5O5. The van der Waals surface area contributed by atoms with E-state index >= 15 is 0 Å². The Hall–Kier alpha value is -2.93. The first-order chi connectivity index (χ1) is 18.4. The van der Waals surface area contributed by atoms with Crippen LogP contribution in [0.4, 0.5) is 0 Å². The molecule has 0 radical (unpaired) electrons. The standard InChI is InChI=1S/C29H43N5O5/c1-16-8-9-17(2)22-20(16)15-34(23(22)27(37)32-19(14-30)13-18-10-11-31-25(18)35)28(38)24(29(3,4)5)33-26(36)21-7-6-12-39-21/h8-9,16-24H,6-7,10-13,15H2,1-5H3,(H,31,35)(H,32,37)(H,33,36)/t16-,17+,18-,19-,20+,21+,22-,23-,24+/m0/s1. The Labute approximate surface area is 231 Å². The van der Waals surface area contributed by atoms with Crippen molar-refractivity contribution >= 4 is 23.6 Å². The number of carbonyl (C=O) groups excluding carboxylic acids is 4. The second-order valence-corrected chi connectivity index (χ2v) is 12.8. The second-order valence-electron chi connectivity index (χ2n) is 12.8. The lowest BCUT2D eigenvalue weighted by molar-refractivity contribution is -0.146. The van der Waals surface area contributed by atoms with Gasteiger partial charge >= 0.3 is 0 Å². The molecule has 0 spiro atoms. The first kappa shape index (κ1) is 29.1. The summed E-state index contributed by atoms with van der Waals surface area (Å²) in [6.07, 6.45) is 5.95. The Balaban J connectivity index is 1.59. The van der Waals surface area contributed by atoms with E-state index in [-0.39, 0.29) is 59.6 Å². The number of nitriles is 1. The predicted octanol–water partition coefficient (Wildman–Crippen LogP) is 1.52. The summed E-state index contributed by atoms with van der Waals surface area (Å²) in [6.45, 7) is 11.3. The molecule has 3 aliphatic heterocycles. The highest BCUT2D eigenvalue weighted by Gasteiger charge is 2.54. The number of allylic oxidation sites excluding steroid dienone is 2. The minimum Gasteiger partial charge on any atom is -0.368 e. The van der Waals surface area contributed by atoms with Gasteiger partial charge in [0.1, 0.15) is 24.2 Å². The SMILES string of the molecule is C[C@@H]1C=C[C@H](C)[C@H]2CN(C(=O)[C@@H](NC(=O)[C@H]3CCCO3)C(C)(C)C)[C@H](C(=O)N[C@H](C#N)C[C@@H]3CCNC3=O)[C@H]21. The van der Waals surface area contributed by atoms with Gasteiger partial charge in [0.25, 0.3) is 0 Å². The van der Waals surface area contributed by atoms with Crippen LogP contribution in [0.25, 0.3) is 0 Å². The number of carbonyl (C=O) groups is 4. The topological polar surface area (TPSA) is 141 Å². The van der Waals surface area contributed by atoms with E-state index in [0.29, 0.717) is 32.5 Å². The van der Waals surface area contributed by atoms with E-state index in [4.69, 9.17) is 4.74 Å². The summed E-state index contributed by atoms with van der Waals surface area (Å²) in [4.78, 5) is 54.9. The van der Waals surface area contributed by atoms with Crippen LogP contribution in [0.1, 0.15) is 60.3 Å². The zero-order chi connectivity index (χ0) is 28.5. The van der Waals surface area contributed by atoms with Crippen LogP contribution in [-0.4, -0.2) is 72.5 Å². The zero-order valence-corrected chi connectivity index (χ0v) is 23.7. The molecule has 9 atom stereocenters. The van der Waals surface area contributed by atoms with Crippen molar-refractivity contribution in [1.82, 2.24) is 20.9 Å². The number of ether oxygens (including phenoxy) is 1. The summed E-state index contributed by atoms with van der Waals surface area (Å²) in [5.74, 6) is -1.24. The third-order valence-electron chi connectivity index (χ3n) is 8.93. The molecular weight excluding hydrogens is 498 g/mol. The molecule has 214 valence electrons. The van der Waals surface area contributed by atoms with Crippen LogP contribution in [0, 0.1) is 46.3 Å². The summed E-state index contributed by atoms with van der Waals surface area (Å²) in [5.41, 5.74) is -0.610. The van der Waals surface area contributed by atoms with E-state index in [9.17, 15) is 24.4 Å². The number of hydrogen-bond acceptors (Lipinski definition) is 6. The Morgan fingerprint density at radius 1 is 1.15 bits per heavy atom. The number of nitrogens with one attached hydrogen (secondary N) is 3. The van der Waals surface area contributed by atoms with Crippen molar-refractivity contribution in [3.05, 3.63) is 12.2 Å². The highest BCUT2D eigenvalue weighted by atomic mass is 16.5. The molecule has 3 heterocycles. The number of rotatable bonds is 7. The van der Waals surface area contributed by atoms with E-state index in [2.05, 4.69) is 48.0 Å². The third kappa shape index (κ3) is 6.13. The van der Waals surface area contributed by atoms with Crippen molar-refractivity contribution in [1.29, 1.82) is 5.26 Å². The van der Waals surface area contributed by atoms with E-state index in [1.807, 2.05) is 20.8 Å². The quantitative estimate of drug-likeness (QED) is 0.418. The number of hydrogen-bond donors (Lipinski definition) is 3. The monoisotopic (exact) mass is 541 g/mol. The highest BCUT2D eigenvalue weighted by molar-refractivity contribution is 5.94. The van der Waals surface area contributed by atoms with Gasteiger partial charge in [-0.05, 0) is 54.8 Å². The molecule has 0 bridgehead atoms. The van der Waals surface area contributed by atoms with E-state index < -0.39 is 29.6 Å². The molecule has 10 heteroatoms. The first-order valence-electron chi connectivity index (χ1n) is 14.3. The van der Waals surface area contributed by atoms with E-state index in [1.54, 1.807) is 4.90 Å². The lowest BCUT2D eigenvalue weighted by atomic mass is 9.71. The normalized spacial score (nSPS) is 33.6. The van der Waals surface area contributed by atoms with Gasteiger partial charge in [0.2, 0.25) is 23.6 Å². The minimum absolute atomic E-state index is 0.0514. The Morgan fingerprint density at radius 2 is 1.87 bits per heavy atom. The molecule has 1 aliphatic carbocycles. The molecule has 0 aromatic heterocycles. The average molecular weight is 542 g/mol. The van der Waals surface area contributed by atoms with Gasteiger partial charge in [-0.2, -0.15) is 5.26 Å². The lowest BCUT2D eigenvalue weighted by Crippen LogP contribution is -2.60. The van der Waals surface area contributed by atoms with Crippen LogP contribution < -0.4 is 16.0 Å². The van der Waals surface area contributed by atoms with Gasteiger partial charge < -0.3 is 25.6 Å². The Morgan fingerprint density at radius 3 is 2.46 bits per heavy atom. The molecule has 3 N–H and O–H groups in total. The maximum Gasteiger partial charge on any atom is 0.249 e. The number of likely N-dealkylation sites (tertiary alicyclic amines) is 1. The largest absolute Gasteiger partial charge is 0.368 e. The van der Waals surface area contributed by atoms with Gasteiger partial charge in [0, 0.05) is 25.6 Å². The van der Waals surface area contributed by atoms with Gasteiger partial charge in [0.15, 0.2) is 0 Å². The second kappa shape index (κ2) is 11.7. The summed E-state index contributed by atoms with van der Waals surface area (Å²) in [6, 6.07) is -0.336. The number of amides is 4. The van der Waals surface area contributed by atoms with Crippen LogP contribution in [-0.2, 0) is 23.9 Å². The van der Waals surface area contributed by atoms with Crippen LogP contribution in [0.15, 0.2) is 12.2 Å². The van der Waals surface area contributed by atoms with Gasteiger partial charge in [0.05, 0.1) is 6.07 Å². The van der Waals surface area contributed by atoms with E-state index in [1.165, 1.54) is 0 Å². The molecule has 3 fully saturated rings. The molecule has 0 saturated carbocycles. The molecule has 10 nitrogen and oxygen atoms in total. The van der Waals surface area contributed by atoms with Crippen molar-refractivity contribution in [3.63, 3.8) is 0 Å². The molecule has 4 rings (SSSR count). The summed E-state index contributed by atoms with van der Waals surface area (Å²) in [5, 5.41) is 18.4. The van der Waals surface area contributed by atoms with Gasteiger partial charge in [-0.1, -0.05) is 46.8 Å². The molecule has 0 aromatic rings. The minimum atomic E-state index is -0.850. The van der Waals surface area contributed by atoms with Crippen LogP contribution in [0.5, 0.6) is 0 Å². The number of nitrogens with zero attached hydrogens (tertiary/aromatic N) is 2. The van der Waals surface area contributed by atoms with Gasteiger partial charge in [-0.15, -0.1) is 0 Å². The first-order valence-corrected chi connectivity index (χ1v) is 14.3. The summed E-state index contributed by atoms with van der Waals surface area (Å²) < 4.78 is 5.55. The van der Waals surface area contributed by atoms with E-state index in [0.717, 1.165) is 6.42 Å². The number of fused-ring (bicyclic) bond motifs is 1. The summed E-state index contributed by atoms with van der Waals surface area (Å²) >= 11 is 0. The fourth-order valence-electron chi connectivity index (χ4n) is 6.65. The molecule has 39 heavy (non-hydrogen) atoms. The van der Waals surface area contributed by atoms with Crippen LogP contribution in [0.3, 0.4) is 0 Å². The zero-order valence-electron chi connectivity index (χ0n) is 23.7. The van der Waals surface area contributed by atoms with Crippen molar-refractivity contribution in [2.24, 2.45) is 35.0 Å². The maximum absolute atomic E-state index is 14.2. The summed E-state index contributed by atoms with van der Waals surface area (Å²) in [7, 11) is 0. The Bertz CT molecular complexity index is 1040. The fourth-order valence-corrected chi connectivity index (χ4v) is 6.65. The van der Waals surface area contributed by atoms with Gasteiger partial charge in [-0.3, -0.25) is 19.2 Å². The molecule has 0 unspecified atom stereocenters. The fraction of sp³-hybridized carbons (Fsp3) is 0.759. The average Bonchev–Trinajstić information content (AvgIpc) is 3.64. The molecule has 3 saturated heterocycles. The molecule has 4 amide bonds. The Kier molecular flexibility index (Phi) is 8.69. The lowest BCUT2D eigenvalue weighted by Gasteiger charge is -2.37. The van der Waals surface area contributed by atoms with Crippen molar-refractivity contribution in [3.8, 4) is 6.07 Å². The van der Waals surface area contributed by atoms with Gasteiger partial charge in [-0.25, -0.2) is 0 Å².